The van der Waals surface area contributed by atoms with Crippen LogP contribution in [0.15, 0.2) is 60.3 Å². The van der Waals surface area contributed by atoms with Crippen molar-refractivity contribution < 1.29 is 26.5 Å². The van der Waals surface area contributed by atoms with Crippen LogP contribution in [0.25, 0.3) is 0 Å². The van der Waals surface area contributed by atoms with E-state index in [0.29, 0.717) is 0 Å². The number of pyridine rings is 1. The van der Waals surface area contributed by atoms with Crippen LogP contribution < -0.4 is 0 Å². The van der Waals surface area contributed by atoms with Gasteiger partial charge in [-0.05, 0) is 17.7 Å². The number of hydrogen-bond donors (Lipinski definition) is 0. The number of sulfone groups is 1. The second kappa shape index (κ2) is 8.74. The zero-order valence-electron chi connectivity index (χ0n) is 14.3. The minimum atomic E-state index is -4.60. The number of halogens is 3. The topological polar surface area (TPSA) is 90.2 Å². The number of nitrogens with zero attached hydrogens (tertiary/aromatic N) is 2. The number of alkyl halides is 3. The number of nitro groups is 1. The molecule has 0 amide bonds. The first-order valence-corrected chi connectivity index (χ1v) is 10.5. The van der Waals surface area contributed by atoms with E-state index in [1.807, 2.05) is 0 Å². The minimum Gasteiger partial charge on any atom is -0.258 e. The van der Waals surface area contributed by atoms with Gasteiger partial charge in [0, 0.05) is 18.0 Å². The molecule has 6 nitrogen and oxygen atoms in total. The Morgan fingerprint density at radius 3 is 2.61 bits per heavy atom. The SMILES string of the molecule is C=CC(c1cccc(C(F)(F)F)c1)S(=O)(=O)CCSc1ncccc1[N+](=O)[O-]. The quantitative estimate of drug-likeness (QED) is 0.265. The lowest BCUT2D eigenvalue weighted by atomic mass is 10.1. The predicted molar refractivity (Wildman–Crippen MR) is 99.8 cm³/mol. The van der Waals surface area contributed by atoms with Gasteiger partial charge in [-0.1, -0.05) is 36.0 Å². The Balaban J connectivity index is 2.17. The second-order valence-corrected chi connectivity index (χ2v) is 8.91. The average molecular weight is 432 g/mol. The van der Waals surface area contributed by atoms with Gasteiger partial charge in [-0.3, -0.25) is 10.1 Å². The summed E-state index contributed by atoms with van der Waals surface area (Å²) >= 11 is 0.886. The summed E-state index contributed by atoms with van der Waals surface area (Å²) in [4.78, 5) is 14.2. The summed E-state index contributed by atoms with van der Waals surface area (Å²) in [5.41, 5.74) is -1.24. The molecule has 28 heavy (non-hydrogen) atoms. The van der Waals surface area contributed by atoms with Crippen LogP contribution in [0.2, 0.25) is 0 Å². The van der Waals surface area contributed by atoms with Gasteiger partial charge < -0.3 is 0 Å². The van der Waals surface area contributed by atoms with Crippen molar-refractivity contribution >= 4 is 27.3 Å². The van der Waals surface area contributed by atoms with E-state index >= 15 is 0 Å². The van der Waals surface area contributed by atoms with Crippen LogP contribution in [-0.2, 0) is 16.0 Å². The van der Waals surface area contributed by atoms with Crippen LogP contribution in [0.5, 0.6) is 0 Å². The molecular formula is C17H15F3N2O4S2. The van der Waals surface area contributed by atoms with Crippen molar-refractivity contribution in [2.75, 3.05) is 11.5 Å². The van der Waals surface area contributed by atoms with Crippen molar-refractivity contribution in [2.45, 2.75) is 16.5 Å². The zero-order chi connectivity index (χ0) is 20.9. The molecule has 0 saturated carbocycles. The third kappa shape index (κ3) is 5.32. The van der Waals surface area contributed by atoms with Crippen LogP contribution in [0.4, 0.5) is 18.9 Å². The molecule has 0 saturated heterocycles. The van der Waals surface area contributed by atoms with Gasteiger partial charge in [-0.15, -0.1) is 6.58 Å². The van der Waals surface area contributed by atoms with Gasteiger partial charge in [0.2, 0.25) is 0 Å². The monoisotopic (exact) mass is 432 g/mol. The highest BCUT2D eigenvalue weighted by molar-refractivity contribution is 8.00. The van der Waals surface area contributed by atoms with Crippen LogP contribution in [0.3, 0.4) is 0 Å². The van der Waals surface area contributed by atoms with Gasteiger partial charge >= 0.3 is 11.9 Å². The summed E-state index contributed by atoms with van der Waals surface area (Å²) in [7, 11) is -3.89. The summed E-state index contributed by atoms with van der Waals surface area (Å²) in [6, 6.07) is 6.69. The Morgan fingerprint density at radius 2 is 2.00 bits per heavy atom. The lowest BCUT2D eigenvalue weighted by Gasteiger charge is -2.16. The molecule has 1 atom stereocenters. The molecule has 2 aromatic rings. The van der Waals surface area contributed by atoms with Gasteiger partial charge in [-0.25, -0.2) is 13.4 Å². The number of benzene rings is 1. The van der Waals surface area contributed by atoms with Crippen LogP contribution in [0, 0.1) is 10.1 Å². The maximum Gasteiger partial charge on any atom is 0.416 e. The lowest BCUT2D eigenvalue weighted by molar-refractivity contribution is -0.388. The predicted octanol–water partition coefficient (Wildman–Crippen LogP) is 4.44. The number of hydrogen-bond acceptors (Lipinski definition) is 6. The molecule has 0 aliphatic rings. The summed E-state index contributed by atoms with van der Waals surface area (Å²) in [6.07, 6.45) is -2.18. The zero-order valence-corrected chi connectivity index (χ0v) is 15.9. The van der Waals surface area contributed by atoms with E-state index in [-0.39, 0.29) is 22.0 Å². The average Bonchev–Trinajstić information content (AvgIpc) is 2.61. The molecule has 1 unspecified atom stereocenters. The molecule has 0 spiro atoms. The second-order valence-electron chi connectivity index (χ2n) is 5.58. The molecule has 11 heteroatoms. The van der Waals surface area contributed by atoms with E-state index < -0.39 is 37.5 Å². The molecule has 1 aromatic heterocycles. The summed E-state index contributed by atoms with van der Waals surface area (Å²) < 4.78 is 63.9. The molecular weight excluding hydrogens is 417 g/mol. The Bertz CT molecular complexity index is 978. The van der Waals surface area contributed by atoms with Crippen molar-refractivity contribution in [3.63, 3.8) is 0 Å². The first-order valence-electron chi connectivity index (χ1n) is 7.79. The fourth-order valence-corrected chi connectivity index (χ4v) is 5.39. The molecule has 2 rings (SSSR count). The first kappa shape index (κ1) is 21.9. The van der Waals surface area contributed by atoms with Crippen molar-refractivity contribution in [1.82, 2.24) is 4.98 Å². The normalized spacial score (nSPS) is 13.1. The maximum atomic E-state index is 12.9. The Morgan fingerprint density at radius 1 is 1.29 bits per heavy atom. The van der Waals surface area contributed by atoms with Gasteiger partial charge in [0.25, 0.3) is 0 Å². The number of aromatic nitrogens is 1. The smallest absolute Gasteiger partial charge is 0.258 e. The highest BCUT2D eigenvalue weighted by Crippen LogP contribution is 2.33. The molecule has 0 aliphatic carbocycles. The van der Waals surface area contributed by atoms with Gasteiger partial charge in [0.1, 0.15) is 5.25 Å². The first-order chi connectivity index (χ1) is 13.1. The summed E-state index contributed by atoms with van der Waals surface area (Å²) in [5, 5.41) is 9.70. The third-order valence-electron chi connectivity index (χ3n) is 3.70. The molecule has 0 fully saturated rings. The van der Waals surface area contributed by atoms with Crippen LogP contribution >= 0.6 is 11.8 Å². The Kier molecular flexibility index (Phi) is 6.83. The Hall–Kier alpha value is -2.40. The summed E-state index contributed by atoms with van der Waals surface area (Å²) in [5.74, 6) is -0.470. The fraction of sp³-hybridized carbons (Fsp3) is 0.235. The largest absolute Gasteiger partial charge is 0.416 e. The van der Waals surface area contributed by atoms with Crippen molar-refractivity contribution in [2.24, 2.45) is 0 Å². The van der Waals surface area contributed by atoms with Gasteiger partial charge in [0.05, 0.1) is 16.2 Å². The van der Waals surface area contributed by atoms with E-state index in [9.17, 15) is 31.7 Å². The molecule has 1 heterocycles. The fourth-order valence-electron chi connectivity index (χ4n) is 2.40. The molecule has 0 aliphatic heterocycles. The van der Waals surface area contributed by atoms with Gasteiger partial charge in [-0.2, -0.15) is 13.2 Å². The molecule has 0 bridgehead atoms. The van der Waals surface area contributed by atoms with Crippen LogP contribution in [-0.4, -0.2) is 29.8 Å². The minimum absolute atomic E-state index is 0.0429. The van der Waals surface area contributed by atoms with E-state index in [1.165, 1.54) is 24.4 Å². The highest BCUT2D eigenvalue weighted by atomic mass is 32.2. The number of thioether (sulfide) groups is 1. The molecule has 0 N–H and O–H groups in total. The molecule has 1 aromatic carbocycles. The Labute approximate surface area is 163 Å². The molecule has 150 valence electrons. The van der Waals surface area contributed by atoms with E-state index in [2.05, 4.69) is 11.6 Å². The standard InChI is InChI=1S/C17H15F3N2O4S2/c1-2-15(12-5-3-6-13(11-12)17(18,19)20)28(25,26)10-9-27-16-14(22(23)24)7-4-8-21-16/h2-8,11,15H,1,9-10H2. The van der Waals surface area contributed by atoms with Crippen molar-refractivity contribution in [1.29, 1.82) is 0 Å². The van der Waals surface area contributed by atoms with Crippen molar-refractivity contribution in [3.05, 3.63) is 76.5 Å². The highest BCUT2D eigenvalue weighted by Gasteiger charge is 2.32. The third-order valence-corrected chi connectivity index (χ3v) is 6.96. The lowest BCUT2D eigenvalue weighted by Crippen LogP contribution is -2.17. The van der Waals surface area contributed by atoms with E-state index in [0.717, 1.165) is 36.0 Å². The maximum absolute atomic E-state index is 12.9. The van der Waals surface area contributed by atoms with Crippen molar-refractivity contribution in [3.8, 4) is 0 Å². The van der Waals surface area contributed by atoms with Crippen LogP contribution in [0.1, 0.15) is 16.4 Å². The summed E-state index contributed by atoms with van der Waals surface area (Å²) in [6.45, 7) is 3.43. The number of rotatable bonds is 8. The van der Waals surface area contributed by atoms with E-state index in [4.69, 9.17) is 0 Å². The van der Waals surface area contributed by atoms with E-state index in [1.54, 1.807) is 0 Å². The molecule has 0 radical (unpaired) electrons. The van der Waals surface area contributed by atoms with Gasteiger partial charge in [0.15, 0.2) is 14.9 Å².